The summed E-state index contributed by atoms with van der Waals surface area (Å²) < 4.78 is 20.7. The molecule has 6 rings (SSSR count). The molecule has 3 aromatic heterocycles. The monoisotopic (exact) mass is 484 g/mol. The molecule has 168 valence electrons. The number of aromatic nitrogens is 5. The molecule has 0 unspecified atom stereocenters. The van der Waals surface area contributed by atoms with Crippen LogP contribution in [0.1, 0.15) is 31.4 Å². The Morgan fingerprint density at radius 3 is 2.45 bits per heavy atom. The summed E-state index contributed by atoms with van der Waals surface area (Å²) in [5.74, 6) is 0.268. The van der Waals surface area contributed by atoms with Crippen molar-refractivity contribution in [2.24, 2.45) is 5.41 Å². The maximum absolute atomic E-state index is 14.8. The van der Waals surface area contributed by atoms with Crippen LogP contribution in [0.15, 0.2) is 36.9 Å². The number of anilines is 1. The number of H-pyrrole nitrogens is 1. The zero-order chi connectivity index (χ0) is 22.7. The molecule has 1 saturated carbocycles. The third-order valence-corrected chi connectivity index (χ3v) is 7.02. The first-order valence-electron chi connectivity index (χ1n) is 10.6. The van der Waals surface area contributed by atoms with Crippen LogP contribution >= 0.6 is 23.2 Å². The minimum Gasteiger partial charge on any atom is -0.483 e. The molecule has 1 spiro atoms. The van der Waals surface area contributed by atoms with E-state index in [4.69, 9.17) is 27.9 Å². The van der Waals surface area contributed by atoms with Gasteiger partial charge in [0.1, 0.15) is 11.8 Å². The summed E-state index contributed by atoms with van der Waals surface area (Å²) in [6.07, 6.45) is 8.47. The molecule has 0 amide bonds. The number of nitrogens with zero attached hydrogens (tertiary/aromatic N) is 5. The van der Waals surface area contributed by atoms with Crippen LogP contribution in [-0.2, 0) is 0 Å². The number of ether oxygens (including phenoxy) is 1. The first-order valence-corrected chi connectivity index (χ1v) is 11.4. The van der Waals surface area contributed by atoms with Gasteiger partial charge in [-0.05, 0) is 25.8 Å². The van der Waals surface area contributed by atoms with Crippen LogP contribution in [0.3, 0.4) is 0 Å². The summed E-state index contributed by atoms with van der Waals surface area (Å²) in [4.78, 5) is 15.2. The second kappa shape index (κ2) is 7.53. The zero-order valence-electron chi connectivity index (χ0n) is 17.6. The Morgan fingerprint density at radius 1 is 1.09 bits per heavy atom. The molecule has 1 aliphatic heterocycles. The second-order valence-electron chi connectivity index (χ2n) is 8.81. The Hall–Kier alpha value is -2.97. The SMILES string of the molecule is C[C@@H](Oc1cc2c(-c3cnc(N4CC5(CC5)C4)nc3)n[nH]c2cc1F)c1c(Cl)cncc1Cl. The molecule has 33 heavy (non-hydrogen) atoms. The molecule has 1 aromatic carbocycles. The summed E-state index contributed by atoms with van der Waals surface area (Å²) in [5.41, 5.74) is 2.98. The smallest absolute Gasteiger partial charge is 0.225 e. The molecule has 1 saturated heterocycles. The molecule has 7 nitrogen and oxygen atoms in total. The lowest BCUT2D eigenvalue weighted by Crippen LogP contribution is -2.49. The van der Waals surface area contributed by atoms with Crippen molar-refractivity contribution < 1.29 is 9.13 Å². The largest absolute Gasteiger partial charge is 0.483 e. The van der Waals surface area contributed by atoms with Gasteiger partial charge in [-0.25, -0.2) is 14.4 Å². The number of aromatic amines is 1. The van der Waals surface area contributed by atoms with Gasteiger partial charge >= 0.3 is 0 Å². The van der Waals surface area contributed by atoms with Gasteiger partial charge in [0.2, 0.25) is 5.95 Å². The standard InChI is InChI=1S/C23H19Cl2FN6O/c1-12(20-15(24)8-27-9-16(20)25)33-19-4-14-18(5-17(19)26)30-31-21(14)13-6-28-22(29-7-13)32-10-23(11-32)2-3-23/h4-9,12H,2-3,10-11H2,1H3,(H,30,31)/t12-/m1/s1. The van der Waals surface area contributed by atoms with Gasteiger partial charge in [0, 0.05) is 65.9 Å². The third kappa shape index (κ3) is 3.57. The Balaban J connectivity index is 1.29. The number of benzene rings is 1. The predicted molar refractivity (Wildman–Crippen MR) is 124 cm³/mol. The van der Waals surface area contributed by atoms with Crippen molar-refractivity contribution in [2.45, 2.75) is 25.9 Å². The van der Waals surface area contributed by atoms with E-state index < -0.39 is 11.9 Å². The summed E-state index contributed by atoms with van der Waals surface area (Å²) in [5, 5.41) is 8.64. The van der Waals surface area contributed by atoms with E-state index in [1.165, 1.54) is 31.3 Å². The predicted octanol–water partition coefficient (Wildman–Crippen LogP) is 5.60. The minimum absolute atomic E-state index is 0.0643. The van der Waals surface area contributed by atoms with E-state index in [1.54, 1.807) is 25.4 Å². The normalized spacial score (nSPS) is 17.3. The average Bonchev–Trinajstić information content (AvgIpc) is 3.48. The fourth-order valence-corrected chi connectivity index (χ4v) is 5.06. The molecule has 1 aliphatic carbocycles. The third-order valence-electron chi connectivity index (χ3n) is 6.42. The molecule has 2 aliphatic rings. The number of fused-ring (bicyclic) bond motifs is 1. The van der Waals surface area contributed by atoms with Crippen LogP contribution in [0.2, 0.25) is 10.0 Å². The average molecular weight is 485 g/mol. The lowest BCUT2D eigenvalue weighted by Gasteiger charge is -2.39. The lowest BCUT2D eigenvalue weighted by atomic mass is 9.98. The van der Waals surface area contributed by atoms with Crippen molar-refractivity contribution in [1.82, 2.24) is 25.1 Å². The number of pyridine rings is 1. The van der Waals surface area contributed by atoms with Crippen LogP contribution in [0, 0.1) is 11.2 Å². The summed E-state index contributed by atoms with van der Waals surface area (Å²) >= 11 is 12.5. The first kappa shape index (κ1) is 20.6. The maximum Gasteiger partial charge on any atom is 0.225 e. The maximum atomic E-state index is 14.8. The van der Waals surface area contributed by atoms with Crippen molar-refractivity contribution in [2.75, 3.05) is 18.0 Å². The van der Waals surface area contributed by atoms with E-state index in [2.05, 4.69) is 30.0 Å². The molecule has 1 N–H and O–H groups in total. The van der Waals surface area contributed by atoms with Crippen LogP contribution in [0.4, 0.5) is 10.3 Å². The van der Waals surface area contributed by atoms with E-state index in [9.17, 15) is 4.39 Å². The van der Waals surface area contributed by atoms with Gasteiger partial charge in [0.15, 0.2) is 11.6 Å². The van der Waals surface area contributed by atoms with Crippen LogP contribution in [0.25, 0.3) is 22.2 Å². The van der Waals surface area contributed by atoms with Crippen LogP contribution in [0.5, 0.6) is 5.75 Å². The van der Waals surface area contributed by atoms with Crippen LogP contribution < -0.4 is 9.64 Å². The highest BCUT2D eigenvalue weighted by atomic mass is 35.5. The highest BCUT2D eigenvalue weighted by Gasteiger charge is 2.53. The molecular weight excluding hydrogens is 466 g/mol. The van der Waals surface area contributed by atoms with E-state index in [0.29, 0.717) is 37.6 Å². The minimum atomic E-state index is -0.593. The lowest BCUT2D eigenvalue weighted by molar-refractivity contribution is 0.217. The Labute approximate surface area is 198 Å². The Kier molecular flexibility index (Phi) is 4.71. The van der Waals surface area contributed by atoms with Crippen molar-refractivity contribution in [3.63, 3.8) is 0 Å². The van der Waals surface area contributed by atoms with Gasteiger partial charge in [-0.3, -0.25) is 10.1 Å². The van der Waals surface area contributed by atoms with Gasteiger partial charge < -0.3 is 9.64 Å². The van der Waals surface area contributed by atoms with Crippen molar-refractivity contribution in [3.05, 3.63) is 58.3 Å². The number of nitrogens with one attached hydrogen (secondary N) is 1. The first-order chi connectivity index (χ1) is 15.9. The zero-order valence-corrected chi connectivity index (χ0v) is 19.2. The van der Waals surface area contributed by atoms with Gasteiger partial charge in [0.25, 0.3) is 0 Å². The van der Waals surface area contributed by atoms with Crippen LogP contribution in [-0.4, -0.2) is 38.2 Å². The Morgan fingerprint density at radius 2 is 1.79 bits per heavy atom. The second-order valence-corrected chi connectivity index (χ2v) is 9.62. The fraction of sp³-hybridized carbons (Fsp3) is 0.304. The summed E-state index contributed by atoms with van der Waals surface area (Å²) in [6.45, 7) is 3.81. The van der Waals surface area contributed by atoms with Crippen molar-refractivity contribution >= 4 is 40.1 Å². The van der Waals surface area contributed by atoms with E-state index in [-0.39, 0.29) is 5.75 Å². The summed E-state index contributed by atoms with van der Waals surface area (Å²) in [7, 11) is 0. The highest BCUT2D eigenvalue weighted by molar-refractivity contribution is 6.35. The number of rotatable bonds is 5. The van der Waals surface area contributed by atoms with E-state index in [0.717, 1.165) is 24.6 Å². The molecule has 0 bridgehead atoms. The molecular formula is C23H19Cl2FN6O. The molecule has 2 fully saturated rings. The van der Waals surface area contributed by atoms with Gasteiger partial charge in [-0.15, -0.1) is 0 Å². The molecule has 10 heteroatoms. The topological polar surface area (TPSA) is 79.8 Å². The summed E-state index contributed by atoms with van der Waals surface area (Å²) in [6, 6.07) is 2.97. The van der Waals surface area contributed by atoms with Gasteiger partial charge in [0.05, 0.1) is 15.6 Å². The number of hydrogen-bond acceptors (Lipinski definition) is 6. The van der Waals surface area contributed by atoms with E-state index in [1.807, 2.05) is 0 Å². The van der Waals surface area contributed by atoms with E-state index >= 15 is 0 Å². The van der Waals surface area contributed by atoms with Crippen molar-refractivity contribution in [3.8, 4) is 17.0 Å². The number of halogens is 3. The molecule has 4 aromatic rings. The van der Waals surface area contributed by atoms with Crippen molar-refractivity contribution in [1.29, 1.82) is 0 Å². The molecule has 0 radical (unpaired) electrons. The Bertz CT molecular complexity index is 1340. The fourth-order valence-electron chi connectivity index (χ4n) is 4.39. The molecule has 1 atom stereocenters. The van der Waals surface area contributed by atoms with Gasteiger partial charge in [-0.2, -0.15) is 5.10 Å². The van der Waals surface area contributed by atoms with Gasteiger partial charge in [-0.1, -0.05) is 23.2 Å². The quantitative estimate of drug-likeness (QED) is 0.397. The molecule has 4 heterocycles. The highest BCUT2D eigenvalue weighted by Crippen LogP contribution is 2.53. The number of hydrogen-bond donors (Lipinski definition) is 1.